The Morgan fingerprint density at radius 3 is 2.38 bits per heavy atom. The molecule has 1 amide bonds. The van der Waals surface area contributed by atoms with Gasteiger partial charge in [0.15, 0.2) is 0 Å². The fraction of sp³-hybridized carbons (Fsp3) is 0.353. The first-order valence-electron chi connectivity index (χ1n) is 7.11. The fourth-order valence-corrected chi connectivity index (χ4v) is 2.81. The van der Waals surface area contributed by atoms with Gasteiger partial charge < -0.3 is 9.88 Å². The summed E-state index contributed by atoms with van der Waals surface area (Å²) in [5.74, 6) is -0.0371. The maximum atomic E-state index is 12.3. The van der Waals surface area contributed by atoms with E-state index in [0.29, 0.717) is 17.6 Å². The van der Waals surface area contributed by atoms with Crippen LogP contribution in [0.1, 0.15) is 47.2 Å². The number of aryl methyl sites for hydroxylation is 1. The van der Waals surface area contributed by atoms with Crippen molar-refractivity contribution in [2.45, 2.75) is 40.3 Å². The van der Waals surface area contributed by atoms with Crippen LogP contribution in [0, 0.1) is 13.8 Å². The van der Waals surface area contributed by atoms with Crippen molar-refractivity contribution < 1.29 is 4.79 Å². The molecule has 4 heteroatoms. The van der Waals surface area contributed by atoms with Gasteiger partial charge in [-0.3, -0.25) is 4.79 Å². The number of halogens is 1. The lowest BCUT2D eigenvalue weighted by Crippen LogP contribution is -2.23. The number of nitrogens with one attached hydrogen (secondary N) is 1. The van der Waals surface area contributed by atoms with Gasteiger partial charge in [0.05, 0.1) is 5.56 Å². The van der Waals surface area contributed by atoms with Crippen molar-refractivity contribution in [2.75, 3.05) is 0 Å². The number of nitrogens with zero attached hydrogens (tertiary/aromatic N) is 1. The number of hydrogen-bond donors (Lipinski definition) is 1. The van der Waals surface area contributed by atoms with Crippen LogP contribution < -0.4 is 5.32 Å². The normalized spacial score (nSPS) is 11.0. The zero-order valence-corrected chi connectivity index (χ0v) is 13.7. The Balaban J connectivity index is 2.10. The van der Waals surface area contributed by atoms with E-state index >= 15 is 0 Å². The first-order chi connectivity index (χ1) is 9.90. The monoisotopic (exact) mass is 304 g/mol. The van der Waals surface area contributed by atoms with Crippen LogP contribution in [0.3, 0.4) is 0 Å². The average molecular weight is 305 g/mol. The van der Waals surface area contributed by atoms with E-state index in [0.717, 1.165) is 22.5 Å². The van der Waals surface area contributed by atoms with Crippen LogP contribution in [0.4, 0.5) is 0 Å². The molecule has 1 aromatic heterocycles. The molecule has 0 spiro atoms. The maximum absolute atomic E-state index is 12.3. The van der Waals surface area contributed by atoms with Crippen molar-refractivity contribution in [1.82, 2.24) is 9.88 Å². The molecule has 0 fully saturated rings. The van der Waals surface area contributed by atoms with Gasteiger partial charge in [-0.1, -0.05) is 23.7 Å². The number of carbonyl (C=O) groups excluding carboxylic acids is 1. The zero-order valence-electron chi connectivity index (χ0n) is 12.9. The van der Waals surface area contributed by atoms with Gasteiger partial charge >= 0.3 is 0 Å². The molecule has 0 saturated carbocycles. The Kier molecular flexibility index (Phi) is 4.73. The third-order valence-electron chi connectivity index (χ3n) is 3.61. The maximum Gasteiger partial charge on any atom is 0.253 e. The molecular formula is C17H21ClN2O. The van der Waals surface area contributed by atoms with Crippen LogP contribution in [0.5, 0.6) is 0 Å². The van der Waals surface area contributed by atoms with E-state index in [1.165, 1.54) is 0 Å². The first kappa shape index (κ1) is 15.6. The molecule has 3 nitrogen and oxygen atoms in total. The molecule has 0 saturated heterocycles. The molecule has 0 bridgehead atoms. The van der Waals surface area contributed by atoms with Crippen molar-refractivity contribution in [3.8, 4) is 0 Å². The molecule has 0 aliphatic rings. The average Bonchev–Trinajstić information content (AvgIpc) is 2.73. The number of rotatable bonds is 4. The minimum atomic E-state index is -0.0371. The van der Waals surface area contributed by atoms with Crippen LogP contribution in [0.2, 0.25) is 5.02 Å². The molecule has 0 aliphatic carbocycles. The highest BCUT2D eigenvalue weighted by Crippen LogP contribution is 2.20. The number of benzene rings is 1. The summed E-state index contributed by atoms with van der Waals surface area (Å²) in [6.07, 6.45) is 0. The summed E-state index contributed by atoms with van der Waals surface area (Å²) in [6, 6.07) is 9.79. The third-order valence-corrected chi connectivity index (χ3v) is 3.86. The topological polar surface area (TPSA) is 34.0 Å². The smallest absolute Gasteiger partial charge is 0.253 e. The largest absolute Gasteiger partial charge is 0.348 e. The first-order valence-corrected chi connectivity index (χ1v) is 7.49. The SMILES string of the molecule is Cc1cc(C(=O)NCc2ccc(Cl)cc2)c(C)n1C(C)C. The summed E-state index contributed by atoms with van der Waals surface area (Å²) in [7, 11) is 0. The number of amides is 1. The van der Waals surface area contributed by atoms with E-state index in [9.17, 15) is 4.79 Å². The Morgan fingerprint density at radius 2 is 1.86 bits per heavy atom. The second kappa shape index (κ2) is 6.35. The highest BCUT2D eigenvalue weighted by Gasteiger charge is 2.16. The van der Waals surface area contributed by atoms with Crippen LogP contribution in [-0.2, 0) is 6.54 Å². The Hall–Kier alpha value is -1.74. The predicted molar refractivity (Wildman–Crippen MR) is 86.9 cm³/mol. The molecule has 0 atom stereocenters. The van der Waals surface area contributed by atoms with Crippen LogP contribution >= 0.6 is 11.6 Å². The van der Waals surface area contributed by atoms with Crippen molar-refractivity contribution >= 4 is 17.5 Å². The minimum absolute atomic E-state index is 0.0371. The second-order valence-electron chi connectivity index (χ2n) is 5.56. The van der Waals surface area contributed by atoms with E-state index in [2.05, 4.69) is 23.7 Å². The zero-order chi connectivity index (χ0) is 15.6. The molecule has 2 aromatic rings. The lowest BCUT2D eigenvalue weighted by Gasteiger charge is -2.13. The van der Waals surface area contributed by atoms with E-state index in [-0.39, 0.29) is 5.91 Å². The van der Waals surface area contributed by atoms with E-state index < -0.39 is 0 Å². The molecule has 112 valence electrons. The van der Waals surface area contributed by atoms with Crippen molar-refractivity contribution in [3.63, 3.8) is 0 Å². The Labute approximate surface area is 130 Å². The summed E-state index contributed by atoms with van der Waals surface area (Å²) in [5, 5.41) is 3.66. The van der Waals surface area contributed by atoms with E-state index in [4.69, 9.17) is 11.6 Å². The summed E-state index contributed by atoms with van der Waals surface area (Å²) < 4.78 is 2.18. The van der Waals surface area contributed by atoms with Gasteiger partial charge in [0.2, 0.25) is 0 Å². The molecule has 1 heterocycles. The predicted octanol–water partition coefficient (Wildman–Crippen LogP) is 4.27. The standard InChI is InChI=1S/C17H21ClN2O/c1-11(2)20-12(3)9-16(13(20)4)17(21)19-10-14-5-7-15(18)8-6-14/h5-9,11H,10H2,1-4H3,(H,19,21). The van der Waals surface area contributed by atoms with Gasteiger partial charge in [0.25, 0.3) is 5.91 Å². The van der Waals surface area contributed by atoms with Crippen molar-refractivity contribution in [1.29, 1.82) is 0 Å². The molecular weight excluding hydrogens is 284 g/mol. The number of carbonyl (C=O) groups is 1. The number of hydrogen-bond acceptors (Lipinski definition) is 1. The minimum Gasteiger partial charge on any atom is -0.348 e. The van der Waals surface area contributed by atoms with Crippen LogP contribution in [0.25, 0.3) is 0 Å². The third kappa shape index (κ3) is 3.48. The molecule has 21 heavy (non-hydrogen) atoms. The highest BCUT2D eigenvalue weighted by atomic mass is 35.5. The van der Waals surface area contributed by atoms with Crippen molar-refractivity contribution in [2.24, 2.45) is 0 Å². The second-order valence-corrected chi connectivity index (χ2v) is 5.99. The molecule has 1 aromatic carbocycles. The van der Waals surface area contributed by atoms with E-state index in [1.807, 2.05) is 44.2 Å². The Bertz CT molecular complexity index is 642. The molecule has 0 unspecified atom stereocenters. The quantitative estimate of drug-likeness (QED) is 0.899. The van der Waals surface area contributed by atoms with Gasteiger partial charge in [-0.15, -0.1) is 0 Å². The Morgan fingerprint density at radius 1 is 1.24 bits per heavy atom. The summed E-state index contributed by atoms with van der Waals surface area (Å²) in [6.45, 7) is 8.76. The van der Waals surface area contributed by atoms with Crippen LogP contribution in [-0.4, -0.2) is 10.5 Å². The van der Waals surface area contributed by atoms with Gasteiger partial charge in [0, 0.05) is 29.0 Å². The summed E-state index contributed by atoms with van der Waals surface area (Å²) >= 11 is 5.85. The molecule has 1 N–H and O–H groups in total. The highest BCUT2D eigenvalue weighted by molar-refractivity contribution is 6.30. The van der Waals surface area contributed by atoms with Crippen LogP contribution in [0.15, 0.2) is 30.3 Å². The lowest BCUT2D eigenvalue weighted by molar-refractivity contribution is 0.0950. The molecule has 0 aliphatic heterocycles. The summed E-state index contributed by atoms with van der Waals surface area (Å²) in [5.41, 5.74) is 3.90. The lowest BCUT2D eigenvalue weighted by atomic mass is 10.2. The molecule has 2 rings (SSSR count). The van der Waals surface area contributed by atoms with Gasteiger partial charge in [0.1, 0.15) is 0 Å². The van der Waals surface area contributed by atoms with Gasteiger partial charge in [-0.25, -0.2) is 0 Å². The van der Waals surface area contributed by atoms with Gasteiger partial charge in [-0.05, 0) is 51.5 Å². The van der Waals surface area contributed by atoms with Crippen molar-refractivity contribution in [3.05, 3.63) is 57.9 Å². The molecule has 0 radical (unpaired) electrons. The fourth-order valence-electron chi connectivity index (χ4n) is 2.68. The summed E-state index contributed by atoms with van der Waals surface area (Å²) in [4.78, 5) is 12.3. The van der Waals surface area contributed by atoms with Gasteiger partial charge in [-0.2, -0.15) is 0 Å². The number of aromatic nitrogens is 1. The van der Waals surface area contributed by atoms with E-state index in [1.54, 1.807) is 0 Å².